The third kappa shape index (κ3) is 5.71. The SMILES string of the molecule is Cc1cc(C)c(C(=O)OP(=O)(OC(=O)c2c(C)cc(C)cc2C)Oc2ccccc2)c(C)c1. The number of phosphoric ester groups is 1. The van der Waals surface area contributed by atoms with E-state index in [1.165, 1.54) is 12.1 Å². The quantitative estimate of drug-likeness (QED) is 0.375. The van der Waals surface area contributed by atoms with E-state index in [-0.39, 0.29) is 16.9 Å². The van der Waals surface area contributed by atoms with Gasteiger partial charge in [0.15, 0.2) is 0 Å². The van der Waals surface area contributed by atoms with Crippen molar-refractivity contribution >= 4 is 19.8 Å². The maximum absolute atomic E-state index is 13.6. The van der Waals surface area contributed by atoms with E-state index in [1.807, 2.05) is 38.1 Å². The second-order valence-corrected chi connectivity index (χ2v) is 9.60. The number of carbonyl (C=O) groups excluding carboxylic acids is 2. The summed E-state index contributed by atoms with van der Waals surface area (Å²) in [5, 5.41) is 0. The molecule has 0 spiro atoms. The highest BCUT2D eigenvalue weighted by molar-refractivity contribution is 7.50. The maximum Gasteiger partial charge on any atom is 0.652 e. The second-order valence-electron chi connectivity index (χ2n) is 8.16. The number of benzene rings is 3. The summed E-state index contributed by atoms with van der Waals surface area (Å²) >= 11 is 0. The van der Waals surface area contributed by atoms with Gasteiger partial charge in [0.1, 0.15) is 5.75 Å². The van der Waals surface area contributed by atoms with Gasteiger partial charge in [0.05, 0.1) is 11.1 Å². The molecule has 0 unspecified atom stereocenters. The molecule has 0 aromatic heterocycles. The summed E-state index contributed by atoms with van der Waals surface area (Å²) in [5.41, 5.74) is 5.05. The number of aryl methyl sites for hydroxylation is 6. The number of para-hydroxylation sites is 1. The molecule has 0 atom stereocenters. The van der Waals surface area contributed by atoms with E-state index in [9.17, 15) is 14.2 Å². The second kappa shape index (κ2) is 9.63. The fraction of sp³-hybridized carbons (Fsp3) is 0.231. The van der Waals surface area contributed by atoms with Crippen LogP contribution in [-0.2, 0) is 13.6 Å². The molecule has 172 valence electrons. The Kier molecular flexibility index (Phi) is 7.09. The Morgan fingerprint density at radius 3 is 1.36 bits per heavy atom. The van der Waals surface area contributed by atoms with Gasteiger partial charge in [0.25, 0.3) is 0 Å². The molecule has 3 aromatic carbocycles. The Hall–Kier alpha value is -3.37. The molecule has 0 aliphatic rings. The van der Waals surface area contributed by atoms with E-state index in [2.05, 4.69) is 0 Å². The van der Waals surface area contributed by atoms with Gasteiger partial charge in [-0.2, -0.15) is 4.57 Å². The van der Waals surface area contributed by atoms with Gasteiger partial charge in [-0.3, -0.25) is 0 Å². The summed E-state index contributed by atoms with van der Waals surface area (Å²) in [6, 6.07) is 15.4. The van der Waals surface area contributed by atoms with Gasteiger partial charge in [-0.1, -0.05) is 53.6 Å². The minimum absolute atomic E-state index is 0.135. The van der Waals surface area contributed by atoms with Gasteiger partial charge in [0.2, 0.25) is 0 Å². The normalized spacial score (nSPS) is 11.1. The smallest absolute Gasteiger partial charge is 0.386 e. The first-order chi connectivity index (χ1) is 15.5. The molecule has 0 aliphatic carbocycles. The zero-order valence-electron chi connectivity index (χ0n) is 19.6. The predicted molar refractivity (Wildman–Crippen MR) is 127 cm³/mol. The fourth-order valence-electron chi connectivity index (χ4n) is 3.96. The molecule has 0 saturated carbocycles. The van der Waals surface area contributed by atoms with Crippen molar-refractivity contribution in [3.8, 4) is 5.75 Å². The molecule has 0 saturated heterocycles. The van der Waals surface area contributed by atoms with Crippen molar-refractivity contribution in [1.82, 2.24) is 0 Å². The van der Waals surface area contributed by atoms with Crippen LogP contribution >= 0.6 is 7.82 Å². The van der Waals surface area contributed by atoms with E-state index in [0.29, 0.717) is 22.3 Å². The monoisotopic (exact) mass is 466 g/mol. The van der Waals surface area contributed by atoms with Gasteiger partial charge in [-0.15, -0.1) is 0 Å². The number of carbonyl (C=O) groups is 2. The predicted octanol–water partition coefficient (Wildman–Crippen LogP) is 6.74. The van der Waals surface area contributed by atoms with Gasteiger partial charge in [0, 0.05) is 0 Å². The van der Waals surface area contributed by atoms with E-state index in [1.54, 1.807) is 45.9 Å². The molecule has 0 aliphatic heterocycles. The Morgan fingerprint density at radius 2 is 1.00 bits per heavy atom. The third-order valence-corrected chi connectivity index (χ3v) is 6.33. The van der Waals surface area contributed by atoms with Crippen LogP contribution in [0, 0.1) is 41.5 Å². The zero-order valence-corrected chi connectivity index (χ0v) is 20.5. The highest BCUT2D eigenvalue weighted by atomic mass is 31.2. The molecule has 0 fully saturated rings. The fourth-order valence-corrected chi connectivity index (χ4v) is 5.05. The van der Waals surface area contributed by atoms with Crippen molar-refractivity contribution in [1.29, 1.82) is 0 Å². The molecule has 3 rings (SSSR count). The largest absolute Gasteiger partial charge is 0.652 e. The molecule has 0 heterocycles. The molecule has 7 heteroatoms. The highest BCUT2D eigenvalue weighted by Crippen LogP contribution is 2.51. The molecule has 0 N–H and O–H groups in total. The van der Waals surface area contributed by atoms with Gasteiger partial charge in [-0.05, 0) is 75.9 Å². The Balaban J connectivity index is 1.98. The first-order valence-electron chi connectivity index (χ1n) is 10.5. The molecule has 3 aromatic rings. The molecule has 0 amide bonds. The van der Waals surface area contributed by atoms with Gasteiger partial charge >= 0.3 is 19.8 Å². The summed E-state index contributed by atoms with van der Waals surface area (Å²) in [6.07, 6.45) is 0. The van der Waals surface area contributed by atoms with Crippen molar-refractivity contribution in [3.05, 3.63) is 99.1 Å². The topological polar surface area (TPSA) is 78.9 Å². The standard InChI is InChI=1S/C26H27O6P/c1-16-12-18(3)23(19(4)13-16)25(27)31-33(29,30-22-10-8-7-9-11-22)32-26(28)24-20(5)14-17(2)15-21(24)6/h7-15H,1-6H3. The average molecular weight is 466 g/mol. The van der Waals surface area contributed by atoms with Crippen LogP contribution in [-0.4, -0.2) is 11.9 Å². The summed E-state index contributed by atoms with van der Waals surface area (Å²) in [5.74, 6) is -1.65. The molecule has 0 bridgehead atoms. The lowest BCUT2D eigenvalue weighted by Gasteiger charge is -2.19. The molecule has 0 radical (unpaired) electrons. The van der Waals surface area contributed by atoms with Crippen molar-refractivity contribution in [3.63, 3.8) is 0 Å². The first kappa shape index (κ1) is 24.3. The van der Waals surface area contributed by atoms with E-state index >= 15 is 0 Å². The first-order valence-corrected chi connectivity index (χ1v) is 11.9. The number of hydrogen-bond acceptors (Lipinski definition) is 6. The van der Waals surface area contributed by atoms with E-state index < -0.39 is 19.8 Å². The Bertz CT molecular complexity index is 1140. The van der Waals surface area contributed by atoms with E-state index in [0.717, 1.165) is 11.1 Å². The molecule has 6 nitrogen and oxygen atoms in total. The summed E-state index contributed by atoms with van der Waals surface area (Å²) in [6.45, 7) is 10.8. The van der Waals surface area contributed by atoms with Crippen LogP contribution in [0.4, 0.5) is 0 Å². The molecular weight excluding hydrogens is 439 g/mol. The van der Waals surface area contributed by atoms with Crippen LogP contribution in [0.2, 0.25) is 0 Å². The lowest BCUT2D eigenvalue weighted by molar-refractivity contribution is 0.0573. The summed E-state index contributed by atoms with van der Waals surface area (Å²) in [4.78, 5) is 26.1. The van der Waals surface area contributed by atoms with Crippen molar-refractivity contribution in [2.24, 2.45) is 0 Å². The third-order valence-electron chi connectivity index (χ3n) is 5.11. The van der Waals surface area contributed by atoms with Crippen LogP contribution in [0.15, 0.2) is 54.6 Å². The van der Waals surface area contributed by atoms with Gasteiger partial charge < -0.3 is 13.6 Å². The number of phosphoric acid groups is 1. The molecular formula is C26H27O6P. The minimum atomic E-state index is -4.69. The van der Waals surface area contributed by atoms with E-state index in [4.69, 9.17) is 13.6 Å². The van der Waals surface area contributed by atoms with Crippen molar-refractivity contribution < 1.29 is 27.7 Å². The minimum Gasteiger partial charge on any atom is -0.386 e. The Morgan fingerprint density at radius 1 is 0.636 bits per heavy atom. The summed E-state index contributed by atoms with van der Waals surface area (Å²) < 4.78 is 29.6. The number of rotatable bonds is 6. The number of hydrogen-bond donors (Lipinski definition) is 0. The van der Waals surface area contributed by atoms with Crippen LogP contribution in [0.1, 0.15) is 54.1 Å². The summed E-state index contributed by atoms with van der Waals surface area (Å²) in [7, 11) is -4.69. The maximum atomic E-state index is 13.6. The zero-order chi connectivity index (χ0) is 24.3. The molecule has 33 heavy (non-hydrogen) atoms. The van der Waals surface area contributed by atoms with Crippen molar-refractivity contribution in [2.45, 2.75) is 41.5 Å². The van der Waals surface area contributed by atoms with Crippen LogP contribution in [0.5, 0.6) is 5.75 Å². The average Bonchev–Trinajstić information content (AvgIpc) is 2.66. The van der Waals surface area contributed by atoms with Crippen LogP contribution < -0.4 is 4.52 Å². The lowest BCUT2D eigenvalue weighted by Crippen LogP contribution is -2.16. The highest BCUT2D eigenvalue weighted by Gasteiger charge is 2.39. The van der Waals surface area contributed by atoms with Crippen molar-refractivity contribution in [2.75, 3.05) is 0 Å². The Labute approximate surface area is 194 Å². The van der Waals surface area contributed by atoms with Crippen LogP contribution in [0.25, 0.3) is 0 Å². The van der Waals surface area contributed by atoms with Crippen LogP contribution in [0.3, 0.4) is 0 Å². The van der Waals surface area contributed by atoms with Gasteiger partial charge in [-0.25, -0.2) is 9.59 Å². The lowest BCUT2D eigenvalue weighted by atomic mass is 10.0.